The molecule has 1 aromatic rings. The molecule has 1 aliphatic heterocycles. The number of para-hydroxylation sites is 1. The molecule has 0 bridgehead atoms. The fraction of sp³-hybridized carbons (Fsp3) is 0.357. The summed E-state index contributed by atoms with van der Waals surface area (Å²) in [7, 11) is 1.39. The van der Waals surface area contributed by atoms with Gasteiger partial charge in [-0.3, -0.25) is 0 Å². The van der Waals surface area contributed by atoms with E-state index in [4.69, 9.17) is 14.2 Å². The molecule has 1 heterocycles. The van der Waals surface area contributed by atoms with Crippen molar-refractivity contribution in [2.24, 2.45) is 0 Å². The third kappa shape index (κ3) is 2.62. The van der Waals surface area contributed by atoms with Gasteiger partial charge in [0.15, 0.2) is 0 Å². The van der Waals surface area contributed by atoms with Gasteiger partial charge in [-0.25, -0.2) is 4.79 Å². The number of fused-ring (bicyclic) bond motifs is 1. The van der Waals surface area contributed by atoms with Gasteiger partial charge in [0.25, 0.3) is 0 Å². The van der Waals surface area contributed by atoms with Gasteiger partial charge in [-0.05, 0) is 40.8 Å². The van der Waals surface area contributed by atoms with E-state index in [1.165, 1.54) is 7.11 Å². The van der Waals surface area contributed by atoms with Crippen LogP contribution in [0.25, 0.3) is 0 Å². The Hall–Kier alpha value is -1.08. The Labute approximate surface area is 124 Å². The third-order valence-corrected chi connectivity index (χ3v) is 4.17. The number of esters is 1. The lowest BCUT2D eigenvalue weighted by Gasteiger charge is -2.19. The highest BCUT2D eigenvalue weighted by molar-refractivity contribution is 14.1. The van der Waals surface area contributed by atoms with Gasteiger partial charge in [-0.2, -0.15) is 0 Å². The fourth-order valence-corrected chi connectivity index (χ4v) is 2.77. The van der Waals surface area contributed by atoms with E-state index < -0.39 is 0 Å². The SMILES string of the molecule is COC(=O)C1=C[C@H](Oc2ccccc2I)[C@H]2O[C@H]2C1. The second-order valence-corrected chi connectivity index (χ2v) is 5.70. The maximum Gasteiger partial charge on any atom is 0.333 e. The van der Waals surface area contributed by atoms with Crippen LogP contribution in [-0.4, -0.2) is 31.4 Å². The largest absolute Gasteiger partial charge is 0.482 e. The first-order valence-electron chi connectivity index (χ1n) is 6.04. The van der Waals surface area contributed by atoms with Crippen molar-refractivity contribution in [1.82, 2.24) is 0 Å². The van der Waals surface area contributed by atoms with Crippen LogP contribution >= 0.6 is 22.6 Å². The third-order valence-electron chi connectivity index (χ3n) is 3.28. The molecule has 5 heteroatoms. The number of methoxy groups -OCH3 is 1. The van der Waals surface area contributed by atoms with Crippen LogP contribution in [0.5, 0.6) is 5.75 Å². The summed E-state index contributed by atoms with van der Waals surface area (Å²) >= 11 is 2.23. The zero-order valence-corrected chi connectivity index (χ0v) is 12.5. The van der Waals surface area contributed by atoms with E-state index in [1.54, 1.807) is 0 Å². The Balaban J connectivity index is 1.80. The van der Waals surface area contributed by atoms with E-state index in [2.05, 4.69) is 22.6 Å². The molecule has 0 saturated carbocycles. The summed E-state index contributed by atoms with van der Waals surface area (Å²) in [5.41, 5.74) is 0.636. The average molecular weight is 372 g/mol. The van der Waals surface area contributed by atoms with Crippen molar-refractivity contribution in [3.05, 3.63) is 39.5 Å². The van der Waals surface area contributed by atoms with Gasteiger partial charge < -0.3 is 14.2 Å². The number of benzene rings is 1. The van der Waals surface area contributed by atoms with E-state index in [0.29, 0.717) is 12.0 Å². The van der Waals surface area contributed by atoms with E-state index in [-0.39, 0.29) is 24.3 Å². The molecule has 3 rings (SSSR count). The minimum absolute atomic E-state index is 0.0596. The quantitative estimate of drug-likeness (QED) is 0.464. The highest BCUT2D eigenvalue weighted by Crippen LogP contribution is 2.39. The highest BCUT2D eigenvalue weighted by Gasteiger charge is 2.50. The summed E-state index contributed by atoms with van der Waals surface area (Å²) < 4.78 is 17.3. The molecule has 0 unspecified atom stereocenters. The molecule has 1 aromatic carbocycles. The maximum atomic E-state index is 11.6. The zero-order valence-electron chi connectivity index (χ0n) is 10.3. The molecule has 3 atom stereocenters. The lowest BCUT2D eigenvalue weighted by atomic mass is 9.97. The van der Waals surface area contributed by atoms with Crippen LogP contribution in [-0.2, 0) is 14.3 Å². The average Bonchev–Trinajstić information content (AvgIpc) is 3.20. The number of halogens is 1. The van der Waals surface area contributed by atoms with Crippen molar-refractivity contribution in [2.45, 2.75) is 24.7 Å². The molecule has 1 saturated heterocycles. The van der Waals surface area contributed by atoms with Gasteiger partial charge in [0.1, 0.15) is 18.0 Å². The van der Waals surface area contributed by atoms with Crippen molar-refractivity contribution in [3.63, 3.8) is 0 Å². The fourth-order valence-electron chi connectivity index (χ4n) is 2.26. The van der Waals surface area contributed by atoms with Gasteiger partial charge in [-0.1, -0.05) is 12.1 Å². The Bertz CT molecular complexity index is 540. The van der Waals surface area contributed by atoms with Crippen molar-refractivity contribution >= 4 is 28.6 Å². The van der Waals surface area contributed by atoms with Crippen molar-refractivity contribution in [3.8, 4) is 5.75 Å². The van der Waals surface area contributed by atoms with Crippen LogP contribution in [0.15, 0.2) is 35.9 Å². The van der Waals surface area contributed by atoms with E-state index in [1.807, 2.05) is 30.3 Å². The Kier molecular flexibility index (Phi) is 3.49. The molecule has 19 heavy (non-hydrogen) atoms. The number of rotatable bonds is 3. The molecule has 1 fully saturated rings. The summed E-state index contributed by atoms with van der Waals surface area (Å²) in [6, 6.07) is 7.78. The van der Waals surface area contributed by atoms with Gasteiger partial charge in [0.2, 0.25) is 0 Å². The molecule has 0 amide bonds. The second-order valence-electron chi connectivity index (χ2n) is 4.54. The molecular formula is C14H13IO4. The van der Waals surface area contributed by atoms with Gasteiger partial charge in [0.05, 0.1) is 16.8 Å². The number of carbonyl (C=O) groups excluding carboxylic acids is 1. The molecule has 0 spiro atoms. The lowest BCUT2D eigenvalue weighted by molar-refractivity contribution is -0.136. The van der Waals surface area contributed by atoms with Crippen LogP contribution in [0.4, 0.5) is 0 Å². The highest BCUT2D eigenvalue weighted by atomic mass is 127. The summed E-state index contributed by atoms with van der Waals surface area (Å²) in [5, 5.41) is 0. The first kappa shape index (κ1) is 12.9. The summed E-state index contributed by atoms with van der Waals surface area (Å²) in [6.07, 6.45) is 2.37. The van der Waals surface area contributed by atoms with E-state index in [0.717, 1.165) is 9.32 Å². The summed E-state index contributed by atoms with van der Waals surface area (Å²) in [6.45, 7) is 0. The van der Waals surface area contributed by atoms with Crippen LogP contribution in [0.1, 0.15) is 6.42 Å². The number of carbonyl (C=O) groups is 1. The number of epoxide rings is 1. The van der Waals surface area contributed by atoms with Crippen LogP contribution in [0.3, 0.4) is 0 Å². The Morgan fingerprint density at radius 3 is 2.95 bits per heavy atom. The smallest absolute Gasteiger partial charge is 0.333 e. The monoisotopic (exact) mass is 372 g/mol. The Morgan fingerprint density at radius 2 is 2.21 bits per heavy atom. The molecular weight excluding hydrogens is 359 g/mol. The van der Waals surface area contributed by atoms with Crippen molar-refractivity contribution in [1.29, 1.82) is 0 Å². The van der Waals surface area contributed by atoms with Crippen LogP contribution < -0.4 is 4.74 Å². The van der Waals surface area contributed by atoms with Crippen molar-refractivity contribution in [2.75, 3.05) is 7.11 Å². The molecule has 0 N–H and O–H groups in total. The Morgan fingerprint density at radius 1 is 1.42 bits per heavy atom. The predicted molar refractivity (Wildman–Crippen MR) is 77.0 cm³/mol. The summed E-state index contributed by atoms with van der Waals surface area (Å²) in [5.74, 6) is 0.509. The minimum Gasteiger partial charge on any atom is -0.482 e. The maximum absolute atomic E-state index is 11.6. The van der Waals surface area contributed by atoms with E-state index in [9.17, 15) is 4.79 Å². The van der Waals surface area contributed by atoms with Gasteiger partial charge >= 0.3 is 5.97 Å². The first-order valence-corrected chi connectivity index (χ1v) is 7.12. The number of hydrogen-bond acceptors (Lipinski definition) is 4. The second kappa shape index (κ2) is 5.13. The standard InChI is InChI=1S/C14H13IO4/c1-17-14(16)8-6-11(13-12(7-8)19-13)18-10-5-3-2-4-9(10)15/h2-6,11-13H,7H2,1H3/t11-,12-,13+/m0/s1. The predicted octanol–water partition coefficient (Wildman–Crippen LogP) is 2.31. The lowest BCUT2D eigenvalue weighted by Crippen LogP contribution is -2.28. The molecule has 0 radical (unpaired) electrons. The number of ether oxygens (including phenoxy) is 3. The van der Waals surface area contributed by atoms with E-state index >= 15 is 0 Å². The van der Waals surface area contributed by atoms with Crippen LogP contribution in [0.2, 0.25) is 0 Å². The minimum atomic E-state index is -0.301. The van der Waals surface area contributed by atoms with Gasteiger partial charge in [-0.15, -0.1) is 0 Å². The molecule has 100 valence electrons. The molecule has 1 aliphatic carbocycles. The topological polar surface area (TPSA) is 48.1 Å². The normalized spacial score (nSPS) is 28.1. The summed E-state index contributed by atoms with van der Waals surface area (Å²) in [4.78, 5) is 11.6. The van der Waals surface area contributed by atoms with Gasteiger partial charge in [0, 0.05) is 12.0 Å². The number of hydrogen-bond donors (Lipinski definition) is 0. The molecule has 4 nitrogen and oxygen atoms in total. The zero-order chi connectivity index (χ0) is 13.4. The van der Waals surface area contributed by atoms with Crippen LogP contribution in [0, 0.1) is 3.57 Å². The van der Waals surface area contributed by atoms with Crippen molar-refractivity contribution < 1.29 is 19.0 Å². The molecule has 2 aliphatic rings. The first-order chi connectivity index (χ1) is 9.19. The molecule has 0 aromatic heterocycles.